The molecule has 0 saturated carbocycles. The Labute approximate surface area is 179 Å². The van der Waals surface area contributed by atoms with E-state index >= 15 is 0 Å². The van der Waals surface area contributed by atoms with Crippen molar-refractivity contribution in [3.05, 3.63) is 70.0 Å². The van der Waals surface area contributed by atoms with Crippen LogP contribution in [0.25, 0.3) is 11.3 Å². The number of halogens is 1. The van der Waals surface area contributed by atoms with E-state index in [1.807, 2.05) is 12.1 Å². The highest BCUT2D eigenvalue weighted by atomic mass is 19.1. The van der Waals surface area contributed by atoms with Crippen LogP contribution < -0.4 is 15.2 Å². The summed E-state index contributed by atoms with van der Waals surface area (Å²) < 4.78 is 27.6. The number of anilines is 1. The van der Waals surface area contributed by atoms with Gasteiger partial charge in [-0.05, 0) is 30.5 Å². The van der Waals surface area contributed by atoms with Crippen molar-refractivity contribution >= 4 is 5.95 Å². The molecular formula is C23H23FN4O3. The monoisotopic (exact) mass is 422 g/mol. The third kappa shape index (κ3) is 3.27. The number of hydrogen-bond donors (Lipinski definition) is 0. The zero-order chi connectivity index (χ0) is 21.5. The Hall–Kier alpha value is -3.26. The minimum absolute atomic E-state index is 0.0176. The summed E-state index contributed by atoms with van der Waals surface area (Å²) in [6.45, 7) is 1.10. The van der Waals surface area contributed by atoms with Crippen LogP contribution >= 0.6 is 0 Å². The summed E-state index contributed by atoms with van der Waals surface area (Å²) in [6, 6.07) is 8.94. The van der Waals surface area contributed by atoms with Gasteiger partial charge in [-0.1, -0.05) is 12.1 Å². The predicted octanol–water partition coefficient (Wildman–Crippen LogP) is 2.88. The lowest BCUT2D eigenvalue weighted by Gasteiger charge is -2.45. The molecule has 5 rings (SSSR count). The smallest absolute Gasteiger partial charge is 0.255 e. The van der Waals surface area contributed by atoms with Gasteiger partial charge in [0.05, 0.1) is 31.6 Å². The van der Waals surface area contributed by atoms with E-state index in [1.165, 1.54) is 28.5 Å². The SMILES string of the molecule is COc1cccc2c1CC[C@@H]1[C@H]2OCCN1c1nc(-c2ccncc2F)cc(=O)n1C. The summed E-state index contributed by atoms with van der Waals surface area (Å²) >= 11 is 0. The number of methoxy groups -OCH3 is 1. The molecule has 1 aromatic carbocycles. The normalized spacial score (nSPS) is 20.2. The van der Waals surface area contributed by atoms with Gasteiger partial charge in [0.15, 0.2) is 5.82 Å². The van der Waals surface area contributed by atoms with E-state index in [9.17, 15) is 9.18 Å². The van der Waals surface area contributed by atoms with Crippen molar-refractivity contribution in [2.24, 2.45) is 7.05 Å². The first kappa shape index (κ1) is 19.7. The van der Waals surface area contributed by atoms with Crippen molar-refractivity contribution < 1.29 is 13.9 Å². The van der Waals surface area contributed by atoms with Gasteiger partial charge >= 0.3 is 0 Å². The third-order valence-electron chi connectivity index (χ3n) is 6.18. The van der Waals surface area contributed by atoms with Crippen molar-refractivity contribution in [3.8, 4) is 17.0 Å². The van der Waals surface area contributed by atoms with Crippen LogP contribution in [-0.4, -0.2) is 40.8 Å². The van der Waals surface area contributed by atoms with E-state index in [2.05, 4.69) is 16.0 Å². The lowest BCUT2D eigenvalue weighted by molar-refractivity contribution is 0.00148. The van der Waals surface area contributed by atoms with Gasteiger partial charge in [-0.2, -0.15) is 0 Å². The van der Waals surface area contributed by atoms with Crippen molar-refractivity contribution in [1.82, 2.24) is 14.5 Å². The number of rotatable bonds is 3. The summed E-state index contributed by atoms with van der Waals surface area (Å²) in [5.74, 6) is 0.883. The average molecular weight is 422 g/mol. The third-order valence-corrected chi connectivity index (χ3v) is 6.18. The first-order chi connectivity index (χ1) is 15.1. The second kappa shape index (κ2) is 7.77. The molecule has 0 unspecified atom stereocenters. The van der Waals surface area contributed by atoms with Gasteiger partial charge in [-0.3, -0.25) is 14.3 Å². The molecule has 0 bridgehead atoms. The number of fused-ring (bicyclic) bond motifs is 3. The number of ether oxygens (including phenoxy) is 2. The summed E-state index contributed by atoms with van der Waals surface area (Å²) in [7, 11) is 3.38. The molecule has 8 heteroatoms. The summed E-state index contributed by atoms with van der Waals surface area (Å²) in [5, 5.41) is 0. The molecule has 2 aromatic heterocycles. The fraction of sp³-hybridized carbons (Fsp3) is 0.348. The van der Waals surface area contributed by atoms with E-state index < -0.39 is 5.82 Å². The molecule has 2 aliphatic rings. The van der Waals surface area contributed by atoms with Crippen LogP contribution in [0.1, 0.15) is 23.7 Å². The van der Waals surface area contributed by atoms with Gasteiger partial charge in [0.1, 0.15) is 11.9 Å². The molecule has 0 amide bonds. The van der Waals surface area contributed by atoms with Crippen LogP contribution in [0.2, 0.25) is 0 Å². The molecule has 0 spiro atoms. The molecule has 7 nitrogen and oxygen atoms in total. The number of hydrogen-bond acceptors (Lipinski definition) is 6. The van der Waals surface area contributed by atoms with Gasteiger partial charge < -0.3 is 14.4 Å². The molecule has 31 heavy (non-hydrogen) atoms. The summed E-state index contributed by atoms with van der Waals surface area (Å²) in [6.07, 6.45) is 4.15. The maximum atomic E-state index is 14.3. The summed E-state index contributed by atoms with van der Waals surface area (Å²) in [5.41, 5.74) is 2.61. The maximum Gasteiger partial charge on any atom is 0.255 e. The minimum Gasteiger partial charge on any atom is -0.496 e. The Bertz CT molecular complexity index is 1200. The van der Waals surface area contributed by atoms with Crippen molar-refractivity contribution in [3.63, 3.8) is 0 Å². The number of aromatic nitrogens is 3. The Kier molecular flexibility index (Phi) is 4.94. The molecule has 0 N–H and O–H groups in total. The van der Waals surface area contributed by atoms with Crippen LogP contribution in [0.4, 0.5) is 10.3 Å². The Morgan fingerprint density at radius 3 is 2.97 bits per heavy atom. The number of benzene rings is 1. The van der Waals surface area contributed by atoms with Crippen LogP contribution in [0.5, 0.6) is 5.75 Å². The summed E-state index contributed by atoms with van der Waals surface area (Å²) in [4.78, 5) is 23.4. The molecule has 0 radical (unpaired) electrons. The maximum absolute atomic E-state index is 14.3. The number of pyridine rings is 1. The second-order valence-electron chi connectivity index (χ2n) is 7.81. The van der Waals surface area contributed by atoms with Gasteiger partial charge in [-0.15, -0.1) is 0 Å². The largest absolute Gasteiger partial charge is 0.496 e. The fourth-order valence-electron chi connectivity index (χ4n) is 4.68. The Morgan fingerprint density at radius 1 is 1.29 bits per heavy atom. The zero-order valence-electron chi connectivity index (χ0n) is 17.4. The van der Waals surface area contributed by atoms with E-state index in [1.54, 1.807) is 14.2 Å². The van der Waals surface area contributed by atoms with E-state index in [-0.39, 0.29) is 23.3 Å². The molecule has 160 valence electrons. The fourth-order valence-corrected chi connectivity index (χ4v) is 4.68. The van der Waals surface area contributed by atoms with E-state index in [0.717, 1.165) is 30.4 Å². The highest BCUT2D eigenvalue weighted by molar-refractivity contribution is 5.60. The lowest BCUT2D eigenvalue weighted by atomic mass is 9.83. The van der Waals surface area contributed by atoms with Gasteiger partial charge in [-0.25, -0.2) is 9.37 Å². The lowest BCUT2D eigenvalue weighted by Crippen LogP contribution is -2.51. The highest BCUT2D eigenvalue weighted by Crippen LogP contribution is 2.42. The molecule has 1 aliphatic carbocycles. The molecule has 1 aliphatic heterocycles. The van der Waals surface area contributed by atoms with Crippen molar-refractivity contribution in [2.45, 2.75) is 25.0 Å². The minimum atomic E-state index is -0.507. The Balaban J connectivity index is 1.58. The predicted molar refractivity (Wildman–Crippen MR) is 114 cm³/mol. The molecule has 1 saturated heterocycles. The zero-order valence-corrected chi connectivity index (χ0v) is 17.4. The van der Waals surface area contributed by atoms with Crippen molar-refractivity contribution in [2.75, 3.05) is 25.2 Å². The van der Waals surface area contributed by atoms with Crippen LogP contribution in [0, 0.1) is 5.82 Å². The van der Waals surface area contributed by atoms with Crippen LogP contribution in [0.15, 0.2) is 47.5 Å². The number of morpholine rings is 1. The number of nitrogens with zero attached hydrogens (tertiary/aromatic N) is 4. The van der Waals surface area contributed by atoms with Crippen molar-refractivity contribution in [1.29, 1.82) is 0 Å². The van der Waals surface area contributed by atoms with E-state index in [4.69, 9.17) is 14.5 Å². The molecule has 3 heterocycles. The van der Waals surface area contributed by atoms with E-state index in [0.29, 0.717) is 24.8 Å². The molecule has 2 atom stereocenters. The highest BCUT2D eigenvalue weighted by Gasteiger charge is 2.39. The molecule has 3 aromatic rings. The Morgan fingerprint density at radius 2 is 2.16 bits per heavy atom. The first-order valence-corrected chi connectivity index (χ1v) is 10.3. The first-order valence-electron chi connectivity index (χ1n) is 10.3. The standard InChI is InChI=1S/C23H23FN4O3/c1-27-21(29)12-18(16-8-9-25-13-17(16)24)26-23(27)28-10-11-31-22-15-4-3-5-20(30-2)14(15)6-7-19(22)28/h3-5,8-9,12-13,19,22H,6-7,10-11H2,1-2H3/t19-,22+/m1/s1. The van der Waals surface area contributed by atoms with Crippen LogP contribution in [0.3, 0.4) is 0 Å². The molecular weight excluding hydrogens is 399 g/mol. The molecule has 1 fully saturated rings. The average Bonchev–Trinajstić information content (AvgIpc) is 2.80. The van der Waals surface area contributed by atoms with Crippen LogP contribution in [-0.2, 0) is 18.2 Å². The van der Waals surface area contributed by atoms with Gasteiger partial charge in [0.2, 0.25) is 5.95 Å². The topological polar surface area (TPSA) is 69.5 Å². The van der Waals surface area contributed by atoms with Gasteiger partial charge in [0.25, 0.3) is 5.56 Å². The quantitative estimate of drug-likeness (QED) is 0.647. The van der Waals surface area contributed by atoms with Gasteiger partial charge in [0, 0.05) is 37.0 Å². The second-order valence-corrected chi connectivity index (χ2v) is 7.81.